The van der Waals surface area contributed by atoms with Crippen LogP contribution in [0.15, 0.2) is 71.6 Å². The third kappa shape index (κ3) is 5.17. The van der Waals surface area contributed by atoms with E-state index in [0.717, 1.165) is 11.1 Å². The van der Waals surface area contributed by atoms with Crippen LogP contribution in [0.1, 0.15) is 21.5 Å². The molecule has 1 fully saturated rings. The van der Waals surface area contributed by atoms with E-state index < -0.39 is 10.0 Å². The van der Waals surface area contributed by atoms with Crippen LogP contribution >= 0.6 is 0 Å². The molecule has 0 spiro atoms. The van der Waals surface area contributed by atoms with Crippen LogP contribution in [-0.2, 0) is 16.6 Å². The molecule has 3 aromatic rings. The number of piperazine rings is 1. The van der Waals surface area contributed by atoms with Crippen molar-refractivity contribution in [3.8, 4) is 11.5 Å². The van der Waals surface area contributed by atoms with Crippen molar-refractivity contribution in [3.05, 3.63) is 83.4 Å². The van der Waals surface area contributed by atoms with Gasteiger partial charge < -0.3 is 14.8 Å². The molecule has 5 rings (SSSR count). The topological polar surface area (TPSA) is 88.2 Å². The van der Waals surface area contributed by atoms with Crippen molar-refractivity contribution in [3.63, 3.8) is 0 Å². The lowest BCUT2D eigenvalue weighted by Crippen LogP contribution is -2.48. The summed E-state index contributed by atoms with van der Waals surface area (Å²) in [5, 5.41) is 2.90. The summed E-state index contributed by atoms with van der Waals surface area (Å²) in [5.41, 5.74) is 3.22. The number of hydrogen-bond acceptors (Lipinski definition) is 6. The van der Waals surface area contributed by atoms with Crippen molar-refractivity contribution in [2.24, 2.45) is 0 Å². The molecule has 182 valence electrons. The third-order valence-corrected chi connectivity index (χ3v) is 8.13. The van der Waals surface area contributed by atoms with Crippen molar-refractivity contribution < 1.29 is 22.7 Å². The molecule has 0 unspecified atom stereocenters. The highest BCUT2D eigenvalue weighted by atomic mass is 32.2. The fraction of sp³-hybridized carbons (Fsp3) is 0.269. The lowest BCUT2D eigenvalue weighted by atomic mass is 10.1. The Labute approximate surface area is 205 Å². The average molecular weight is 494 g/mol. The van der Waals surface area contributed by atoms with E-state index in [0.29, 0.717) is 60.4 Å². The van der Waals surface area contributed by atoms with Gasteiger partial charge in [0.05, 0.1) is 4.90 Å². The zero-order valence-corrected chi connectivity index (χ0v) is 20.3. The predicted molar refractivity (Wildman–Crippen MR) is 132 cm³/mol. The van der Waals surface area contributed by atoms with Gasteiger partial charge in [-0.2, -0.15) is 4.31 Å². The van der Waals surface area contributed by atoms with Crippen molar-refractivity contribution in [2.75, 3.05) is 38.3 Å². The highest BCUT2D eigenvalue weighted by Crippen LogP contribution is 2.34. The van der Waals surface area contributed by atoms with Gasteiger partial charge in [-0.05, 0) is 48.9 Å². The van der Waals surface area contributed by atoms with Crippen LogP contribution in [0.5, 0.6) is 11.5 Å². The lowest BCUT2D eigenvalue weighted by Gasteiger charge is -2.34. The zero-order valence-electron chi connectivity index (χ0n) is 19.4. The second-order valence-electron chi connectivity index (χ2n) is 8.72. The minimum atomic E-state index is -3.49. The molecule has 0 aliphatic carbocycles. The third-order valence-electron chi connectivity index (χ3n) is 6.22. The van der Waals surface area contributed by atoms with E-state index in [2.05, 4.69) is 10.2 Å². The first-order valence-electron chi connectivity index (χ1n) is 11.5. The molecular weight excluding hydrogens is 466 g/mol. The van der Waals surface area contributed by atoms with Gasteiger partial charge in [-0.15, -0.1) is 0 Å². The number of rotatable bonds is 6. The van der Waals surface area contributed by atoms with Crippen LogP contribution in [0, 0.1) is 6.92 Å². The summed E-state index contributed by atoms with van der Waals surface area (Å²) in [6, 6.07) is 19.7. The fourth-order valence-corrected chi connectivity index (χ4v) is 5.66. The van der Waals surface area contributed by atoms with Crippen LogP contribution in [0.4, 0.5) is 5.69 Å². The molecule has 1 N–H and O–H groups in total. The van der Waals surface area contributed by atoms with Gasteiger partial charge in [0.15, 0.2) is 11.5 Å². The maximum atomic E-state index is 12.9. The van der Waals surface area contributed by atoms with E-state index in [1.807, 2.05) is 37.3 Å². The number of ether oxygens (including phenoxy) is 2. The molecule has 35 heavy (non-hydrogen) atoms. The standard InChI is InChI=1S/C26H27N3O5S/c1-19-5-8-23(9-6-19)35(31,32)29-13-11-28(12-14-29)17-20-3-2-4-21(15-20)26(30)27-22-7-10-24-25(16-22)34-18-33-24/h2-10,15-16H,11-14,17-18H2,1H3,(H,27,30). The van der Waals surface area contributed by atoms with E-state index in [9.17, 15) is 13.2 Å². The summed E-state index contributed by atoms with van der Waals surface area (Å²) in [4.78, 5) is 15.3. The molecule has 2 aliphatic rings. The maximum absolute atomic E-state index is 12.9. The molecule has 1 saturated heterocycles. The Balaban J connectivity index is 1.19. The quantitative estimate of drug-likeness (QED) is 0.566. The first-order chi connectivity index (χ1) is 16.9. The molecule has 0 saturated carbocycles. The molecular formula is C26H27N3O5S. The molecule has 3 aromatic carbocycles. The second-order valence-corrected chi connectivity index (χ2v) is 10.7. The van der Waals surface area contributed by atoms with Crippen LogP contribution in [0.3, 0.4) is 0 Å². The minimum absolute atomic E-state index is 0.181. The first-order valence-corrected chi connectivity index (χ1v) is 12.9. The minimum Gasteiger partial charge on any atom is -0.454 e. The number of hydrogen-bond donors (Lipinski definition) is 1. The van der Waals surface area contributed by atoms with Crippen LogP contribution in [0.25, 0.3) is 0 Å². The highest BCUT2D eigenvalue weighted by Gasteiger charge is 2.28. The zero-order chi connectivity index (χ0) is 24.4. The van der Waals surface area contributed by atoms with Crippen LogP contribution in [-0.4, -0.2) is 56.5 Å². The summed E-state index contributed by atoms with van der Waals surface area (Å²) in [7, 11) is -3.49. The number of benzene rings is 3. The molecule has 0 atom stereocenters. The van der Waals surface area contributed by atoms with Gasteiger partial charge in [-0.1, -0.05) is 29.8 Å². The van der Waals surface area contributed by atoms with Crippen molar-refractivity contribution >= 4 is 21.6 Å². The maximum Gasteiger partial charge on any atom is 0.255 e. The molecule has 0 bridgehead atoms. The molecule has 2 aliphatic heterocycles. The number of anilines is 1. The van der Waals surface area contributed by atoms with Gasteiger partial charge in [-0.25, -0.2) is 8.42 Å². The number of nitrogens with zero attached hydrogens (tertiary/aromatic N) is 2. The smallest absolute Gasteiger partial charge is 0.255 e. The summed E-state index contributed by atoms with van der Waals surface area (Å²) in [6.07, 6.45) is 0. The second kappa shape index (κ2) is 9.69. The van der Waals surface area contributed by atoms with Crippen LogP contribution in [0.2, 0.25) is 0 Å². The van der Waals surface area contributed by atoms with Crippen molar-refractivity contribution in [1.29, 1.82) is 0 Å². The fourth-order valence-electron chi connectivity index (χ4n) is 4.23. The van der Waals surface area contributed by atoms with Crippen molar-refractivity contribution in [2.45, 2.75) is 18.4 Å². The van der Waals surface area contributed by atoms with Gasteiger partial charge in [0.1, 0.15) is 0 Å². The van der Waals surface area contributed by atoms with Gasteiger partial charge in [0, 0.05) is 50.0 Å². The summed E-state index contributed by atoms with van der Waals surface area (Å²) < 4.78 is 38.1. The number of amides is 1. The lowest BCUT2D eigenvalue weighted by molar-refractivity contribution is 0.102. The Bertz CT molecular complexity index is 1330. The molecule has 0 radical (unpaired) electrons. The number of aryl methyl sites for hydroxylation is 1. The number of nitrogens with one attached hydrogen (secondary N) is 1. The van der Waals surface area contributed by atoms with Crippen LogP contribution < -0.4 is 14.8 Å². The van der Waals surface area contributed by atoms with Gasteiger partial charge in [0.2, 0.25) is 16.8 Å². The Morgan fingerprint density at radius 3 is 2.43 bits per heavy atom. The molecule has 2 heterocycles. The monoisotopic (exact) mass is 493 g/mol. The number of fused-ring (bicyclic) bond motifs is 1. The summed E-state index contributed by atoms with van der Waals surface area (Å²) >= 11 is 0. The number of sulfonamides is 1. The van der Waals surface area contributed by atoms with Gasteiger partial charge in [-0.3, -0.25) is 9.69 Å². The molecule has 9 heteroatoms. The summed E-state index contributed by atoms with van der Waals surface area (Å²) in [5.74, 6) is 1.07. The van der Waals surface area contributed by atoms with E-state index in [1.165, 1.54) is 0 Å². The van der Waals surface area contributed by atoms with E-state index in [1.54, 1.807) is 40.7 Å². The average Bonchev–Trinajstić information content (AvgIpc) is 3.33. The predicted octanol–water partition coefficient (Wildman–Crippen LogP) is 3.48. The molecule has 8 nitrogen and oxygen atoms in total. The highest BCUT2D eigenvalue weighted by molar-refractivity contribution is 7.89. The van der Waals surface area contributed by atoms with E-state index >= 15 is 0 Å². The Kier molecular flexibility index (Phi) is 6.46. The normalized spacial score (nSPS) is 16.3. The number of carbonyl (C=O) groups is 1. The van der Waals surface area contributed by atoms with E-state index in [4.69, 9.17) is 9.47 Å². The van der Waals surface area contributed by atoms with Crippen molar-refractivity contribution in [1.82, 2.24) is 9.21 Å². The Morgan fingerprint density at radius 2 is 1.66 bits per heavy atom. The van der Waals surface area contributed by atoms with Gasteiger partial charge >= 0.3 is 0 Å². The molecule has 0 aromatic heterocycles. The van der Waals surface area contributed by atoms with E-state index in [-0.39, 0.29) is 12.7 Å². The molecule has 1 amide bonds. The number of carbonyl (C=O) groups excluding carboxylic acids is 1. The Morgan fingerprint density at radius 1 is 0.914 bits per heavy atom. The SMILES string of the molecule is Cc1ccc(S(=O)(=O)N2CCN(Cc3cccc(C(=O)Nc4ccc5c(c4)OCO5)c3)CC2)cc1. The largest absolute Gasteiger partial charge is 0.454 e. The van der Waals surface area contributed by atoms with Gasteiger partial charge in [0.25, 0.3) is 5.91 Å². The Hall–Kier alpha value is -3.40. The summed E-state index contributed by atoms with van der Waals surface area (Å²) in [6.45, 7) is 4.87. The first kappa shape index (κ1) is 23.3.